The summed E-state index contributed by atoms with van der Waals surface area (Å²) < 4.78 is 0. The smallest absolute Gasteiger partial charge is 0.225 e. The van der Waals surface area contributed by atoms with Gasteiger partial charge in [0.1, 0.15) is 0 Å². The number of benzene rings is 1. The third-order valence-corrected chi connectivity index (χ3v) is 4.95. The van der Waals surface area contributed by atoms with Gasteiger partial charge >= 0.3 is 0 Å². The highest BCUT2D eigenvalue weighted by molar-refractivity contribution is 5.79. The summed E-state index contributed by atoms with van der Waals surface area (Å²) in [7, 11) is 0. The minimum absolute atomic E-state index is 0.000127. The molecule has 0 aliphatic carbocycles. The Morgan fingerprint density at radius 2 is 1.90 bits per heavy atom. The van der Waals surface area contributed by atoms with E-state index in [2.05, 4.69) is 45.0 Å². The van der Waals surface area contributed by atoms with Crippen molar-refractivity contribution in [2.45, 2.75) is 33.6 Å². The van der Waals surface area contributed by atoms with Crippen LogP contribution in [-0.2, 0) is 4.79 Å². The van der Waals surface area contributed by atoms with Crippen LogP contribution in [0, 0.1) is 17.3 Å². The first kappa shape index (κ1) is 16.0. The van der Waals surface area contributed by atoms with Gasteiger partial charge in [0, 0.05) is 24.9 Å². The predicted molar refractivity (Wildman–Crippen MR) is 86.9 cm³/mol. The molecule has 1 aromatic carbocycles. The maximum Gasteiger partial charge on any atom is 0.225 e. The maximum atomic E-state index is 12.7. The van der Waals surface area contributed by atoms with E-state index in [1.165, 1.54) is 5.56 Å². The van der Waals surface area contributed by atoms with E-state index in [0.29, 0.717) is 18.4 Å². The Balaban J connectivity index is 2.14. The zero-order valence-electron chi connectivity index (χ0n) is 13.7. The Kier molecular flexibility index (Phi) is 4.72. The first-order valence-electron chi connectivity index (χ1n) is 7.88. The van der Waals surface area contributed by atoms with E-state index >= 15 is 0 Å². The number of amides is 1. The predicted octanol–water partition coefficient (Wildman–Crippen LogP) is 2.87. The van der Waals surface area contributed by atoms with Gasteiger partial charge in [-0.3, -0.25) is 4.79 Å². The molecule has 21 heavy (non-hydrogen) atoms. The van der Waals surface area contributed by atoms with E-state index in [1.54, 1.807) is 0 Å². The van der Waals surface area contributed by atoms with Crippen molar-refractivity contribution in [2.75, 3.05) is 19.6 Å². The highest BCUT2D eigenvalue weighted by Gasteiger charge is 2.38. The van der Waals surface area contributed by atoms with Crippen LogP contribution in [-0.4, -0.2) is 30.4 Å². The van der Waals surface area contributed by atoms with Crippen molar-refractivity contribution in [1.29, 1.82) is 0 Å². The molecule has 1 heterocycles. The molecule has 1 aromatic rings. The van der Waals surface area contributed by atoms with Gasteiger partial charge in [-0.25, -0.2) is 0 Å². The van der Waals surface area contributed by atoms with Crippen molar-refractivity contribution in [1.82, 2.24) is 4.90 Å². The van der Waals surface area contributed by atoms with Gasteiger partial charge in [0.25, 0.3) is 0 Å². The fourth-order valence-electron chi connectivity index (χ4n) is 3.01. The third-order valence-electron chi connectivity index (χ3n) is 4.95. The summed E-state index contributed by atoms with van der Waals surface area (Å²) >= 11 is 0. The lowest BCUT2D eigenvalue weighted by Gasteiger charge is -2.30. The van der Waals surface area contributed by atoms with Gasteiger partial charge in [0.15, 0.2) is 0 Å². The quantitative estimate of drug-likeness (QED) is 0.929. The minimum Gasteiger partial charge on any atom is -0.341 e. The number of carbonyl (C=O) groups is 1. The summed E-state index contributed by atoms with van der Waals surface area (Å²) in [6, 6.07) is 10.4. The van der Waals surface area contributed by atoms with Gasteiger partial charge < -0.3 is 10.6 Å². The maximum absolute atomic E-state index is 12.7. The molecule has 0 saturated carbocycles. The second kappa shape index (κ2) is 6.18. The summed E-state index contributed by atoms with van der Waals surface area (Å²) in [5.74, 6) is 1.03. The topological polar surface area (TPSA) is 46.3 Å². The first-order chi connectivity index (χ1) is 9.84. The Morgan fingerprint density at radius 1 is 1.29 bits per heavy atom. The Hall–Kier alpha value is -1.35. The van der Waals surface area contributed by atoms with Gasteiger partial charge in [0.05, 0.1) is 0 Å². The number of likely N-dealkylation sites (tertiary alicyclic amines) is 1. The summed E-state index contributed by atoms with van der Waals surface area (Å²) in [5, 5.41) is 0. The molecule has 1 aliphatic rings. The average molecular weight is 288 g/mol. The zero-order chi connectivity index (χ0) is 15.6. The van der Waals surface area contributed by atoms with Crippen molar-refractivity contribution >= 4 is 5.91 Å². The second-order valence-electron chi connectivity index (χ2n) is 7.34. The molecule has 1 fully saturated rings. The van der Waals surface area contributed by atoms with Gasteiger partial charge in [-0.2, -0.15) is 0 Å². The van der Waals surface area contributed by atoms with Crippen LogP contribution in [0.2, 0.25) is 0 Å². The van der Waals surface area contributed by atoms with Gasteiger partial charge in [0.2, 0.25) is 5.91 Å². The van der Waals surface area contributed by atoms with Crippen molar-refractivity contribution in [2.24, 2.45) is 23.0 Å². The molecule has 0 radical (unpaired) electrons. The molecule has 1 unspecified atom stereocenters. The third kappa shape index (κ3) is 3.46. The molecule has 2 rings (SSSR count). The van der Waals surface area contributed by atoms with Crippen molar-refractivity contribution in [3.8, 4) is 0 Å². The lowest BCUT2D eigenvalue weighted by Crippen LogP contribution is -2.39. The highest BCUT2D eigenvalue weighted by atomic mass is 16.2. The van der Waals surface area contributed by atoms with Crippen molar-refractivity contribution in [3.63, 3.8) is 0 Å². The molecule has 3 atom stereocenters. The van der Waals surface area contributed by atoms with Gasteiger partial charge in [-0.1, -0.05) is 58.0 Å². The number of nitrogens with zero attached hydrogens (tertiary/aromatic N) is 1. The van der Waals surface area contributed by atoms with Crippen LogP contribution in [0.1, 0.15) is 39.2 Å². The fourth-order valence-corrected chi connectivity index (χ4v) is 3.01. The largest absolute Gasteiger partial charge is 0.341 e. The molecular formula is C18H28N2O. The minimum atomic E-state index is 0.000127. The monoisotopic (exact) mass is 288 g/mol. The van der Waals surface area contributed by atoms with Crippen LogP contribution >= 0.6 is 0 Å². The normalized spacial score (nSPS) is 24.1. The Labute approximate surface area is 128 Å². The van der Waals surface area contributed by atoms with E-state index in [-0.39, 0.29) is 17.2 Å². The van der Waals surface area contributed by atoms with Crippen LogP contribution < -0.4 is 5.73 Å². The molecule has 0 aromatic heterocycles. The van der Waals surface area contributed by atoms with Crippen molar-refractivity contribution < 1.29 is 4.79 Å². The van der Waals surface area contributed by atoms with Crippen LogP contribution in [0.15, 0.2) is 30.3 Å². The van der Waals surface area contributed by atoms with Crippen LogP contribution in [0.25, 0.3) is 0 Å². The van der Waals surface area contributed by atoms with Crippen molar-refractivity contribution in [3.05, 3.63) is 35.9 Å². The van der Waals surface area contributed by atoms with Crippen LogP contribution in [0.3, 0.4) is 0 Å². The first-order valence-corrected chi connectivity index (χ1v) is 7.88. The Morgan fingerprint density at radius 3 is 2.43 bits per heavy atom. The molecule has 2 N–H and O–H groups in total. The van der Waals surface area contributed by atoms with E-state index in [4.69, 9.17) is 5.73 Å². The SMILES string of the molecule is CC(C(=O)N1C[C@@H](CN)[C@H](c2ccccc2)C1)C(C)(C)C. The van der Waals surface area contributed by atoms with Gasteiger partial charge in [-0.05, 0) is 23.4 Å². The fraction of sp³-hybridized carbons (Fsp3) is 0.611. The highest BCUT2D eigenvalue weighted by Crippen LogP contribution is 2.35. The van der Waals surface area contributed by atoms with E-state index in [9.17, 15) is 4.79 Å². The molecule has 3 heteroatoms. The molecule has 0 spiro atoms. The molecule has 1 saturated heterocycles. The molecular weight excluding hydrogens is 260 g/mol. The average Bonchev–Trinajstić information content (AvgIpc) is 2.90. The molecule has 116 valence electrons. The number of hydrogen-bond donors (Lipinski definition) is 1. The summed E-state index contributed by atoms with van der Waals surface area (Å²) in [6.07, 6.45) is 0. The number of rotatable bonds is 3. The van der Waals surface area contributed by atoms with Crippen LogP contribution in [0.5, 0.6) is 0 Å². The summed E-state index contributed by atoms with van der Waals surface area (Å²) in [5.41, 5.74) is 7.25. The van der Waals surface area contributed by atoms with E-state index in [1.807, 2.05) is 17.9 Å². The van der Waals surface area contributed by atoms with E-state index < -0.39 is 0 Å². The Bertz CT molecular complexity index is 478. The lowest BCUT2D eigenvalue weighted by molar-refractivity contribution is -0.137. The van der Waals surface area contributed by atoms with Gasteiger partial charge in [-0.15, -0.1) is 0 Å². The van der Waals surface area contributed by atoms with E-state index in [0.717, 1.165) is 13.1 Å². The molecule has 0 bridgehead atoms. The molecule has 3 nitrogen and oxygen atoms in total. The number of nitrogens with two attached hydrogens (primary N) is 1. The number of hydrogen-bond acceptors (Lipinski definition) is 2. The standard InChI is InChI=1S/C18H28N2O/c1-13(18(2,3)4)17(21)20-11-15(10-19)16(12-20)14-8-6-5-7-9-14/h5-9,13,15-16H,10-12,19H2,1-4H3/t13?,15-,16+/m1/s1. The summed E-state index contributed by atoms with van der Waals surface area (Å²) in [6.45, 7) is 10.6. The number of carbonyl (C=O) groups excluding carboxylic acids is 1. The molecule has 1 aliphatic heterocycles. The lowest BCUT2D eigenvalue weighted by atomic mass is 9.81. The van der Waals surface area contributed by atoms with Crippen LogP contribution in [0.4, 0.5) is 0 Å². The second-order valence-corrected chi connectivity index (χ2v) is 7.34. The zero-order valence-corrected chi connectivity index (χ0v) is 13.7. The summed E-state index contributed by atoms with van der Waals surface area (Å²) in [4.78, 5) is 14.7. The molecule has 1 amide bonds.